The molecular formula is C24H52O4. The molecule has 28 heavy (non-hydrogen) atoms. The van der Waals surface area contributed by atoms with Crippen LogP contribution in [0, 0.1) is 16.7 Å². The molecule has 0 saturated carbocycles. The summed E-state index contributed by atoms with van der Waals surface area (Å²) in [5, 5.41) is 0. The highest BCUT2D eigenvalue weighted by molar-refractivity contribution is 5.76. The topological polar surface area (TPSA) is 52.6 Å². The number of ether oxygens (including phenoxy) is 2. The second-order valence-electron chi connectivity index (χ2n) is 10.1. The monoisotopic (exact) mass is 404 g/mol. The highest BCUT2D eigenvalue weighted by Crippen LogP contribution is 2.28. The fourth-order valence-electron chi connectivity index (χ4n) is 1.20. The lowest BCUT2D eigenvalue weighted by Crippen LogP contribution is -2.38. The number of hydrogen-bond donors (Lipinski definition) is 0. The molecule has 0 aliphatic heterocycles. The van der Waals surface area contributed by atoms with Gasteiger partial charge in [0.1, 0.15) is 11.2 Å². The number of carbonyl (C=O) groups excluding carboxylic acids is 2. The zero-order valence-corrected chi connectivity index (χ0v) is 19.6. The van der Waals surface area contributed by atoms with Crippen molar-refractivity contribution < 1.29 is 19.1 Å². The summed E-state index contributed by atoms with van der Waals surface area (Å²) in [5.41, 5.74) is -1.47. The number of rotatable bonds is 6. The smallest absolute Gasteiger partial charge is 0.312 e. The molecule has 0 unspecified atom stereocenters. The first kappa shape index (κ1) is 34.4. The predicted molar refractivity (Wildman–Crippen MR) is 122 cm³/mol. The van der Waals surface area contributed by atoms with E-state index in [9.17, 15) is 9.59 Å². The molecule has 0 bridgehead atoms. The predicted octanol–water partition coefficient (Wildman–Crippen LogP) is 7.44. The minimum atomic E-state index is -0.372. The van der Waals surface area contributed by atoms with Crippen molar-refractivity contribution >= 4 is 11.9 Å². The minimum Gasteiger partial charge on any atom is -0.460 e. The highest BCUT2D eigenvalue weighted by atomic mass is 16.6. The first-order valence-electron chi connectivity index (χ1n) is 9.79. The van der Waals surface area contributed by atoms with Gasteiger partial charge in [-0.2, -0.15) is 0 Å². The summed E-state index contributed by atoms with van der Waals surface area (Å²) in [6, 6.07) is 0. The van der Waals surface area contributed by atoms with Crippen LogP contribution in [0.15, 0.2) is 0 Å². The van der Waals surface area contributed by atoms with Crippen LogP contribution in [-0.4, -0.2) is 23.1 Å². The van der Waals surface area contributed by atoms with Crippen LogP contribution in [0.1, 0.15) is 118 Å². The summed E-state index contributed by atoms with van der Waals surface area (Å²) in [7, 11) is 0. The van der Waals surface area contributed by atoms with Gasteiger partial charge < -0.3 is 9.47 Å². The summed E-state index contributed by atoms with van der Waals surface area (Å²) < 4.78 is 10.8. The van der Waals surface area contributed by atoms with E-state index in [0.29, 0.717) is 5.92 Å². The van der Waals surface area contributed by atoms with Gasteiger partial charge >= 0.3 is 11.9 Å². The quantitative estimate of drug-likeness (QED) is 0.432. The maximum atomic E-state index is 11.8. The first-order chi connectivity index (χ1) is 11.3. The molecule has 0 aromatic rings. The number of esters is 2. The van der Waals surface area contributed by atoms with Crippen LogP contribution >= 0.6 is 0 Å². The van der Waals surface area contributed by atoms with Gasteiger partial charge in [-0.05, 0) is 81.1 Å². The Hall–Kier alpha value is -1.06. The average molecular weight is 405 g/mol. The zero-order chi connectivity index (χ0) is 21.6. The SMILES string of the molecule is C.C.CCC(C)(C)C(=O)OC(C)(C)C.CCC(C)(C)C(=O)OC(C)(C)C(C)C. The molecule has 0 aromatic heterocycles. The first-order valence-corrected chi connectivity index (χ1v) is 9.79. The van der Waals surface area contributed by atoms with Crippen LogP contribution in [0.5, 0.6) is 0 Å². The van der Waals surface area contributed by atoms with Gasteiger partial charge in [-0.3, -0.25) is 9.59 Å². The molecule has 0 atom stereocenters. The molecule has 0 N–H and O–H groups in total. The minimum absolute atomic E-state index is 0. The Morgan fingerprint density at radius 2 is 0.964 bits per heavy atom. The van der Waals surface area contributed by atoms with E-state index in [-0.39, 0.29) is 48.8 Å². The standard InChI is InChI=1S/C12H24O2.C10H20O2.2CH4/c1-8-11(4,5)10(13)14-12(6,7)9(2)3;1-7-10(5,6)8(11)12-9(2,3)4;;/h9H,8H2,1-7H3;7H2,1-6H3;2*1H4. The van der Waals surface area contributed by atoms with E-state index < -0.39 is 0 Å². The second-order valence-corrected chi connectivity index (χ2v) is 10.1. The normalized spacial score (nSPS) is 12.1. The van der Waals surface area contributed by atoms with Crippen molar-refractivity contribution in [2.75, 3.05) is 0 Å². The van der Waals surface area contributed by atoms with Gasteiger partial charge in [-0.1, -0.05) is 42.5 Å². The maximum Gasteiger partial charge on any atom is 0.312 e. The molecule has 172 valence electrons. The Kier molecular flexibility index (Phi) is 15.4. The lowest BCUT2D eigenvalue weighted by molar-refractivity contribution is -0.171. The Labute approximate surface area is 177 Å². The van der Waals surface area contributed by atoms with Gasteiger partial charge in [0.2, 0.25) is 0 Å². The van der Waals surface area contributed by atoms with Crippen molar-refractivity contribution in [1.82, 2.24) is 0 Å². The van der Waals surface area contributed by atoms with E-state index in [1.807, 2.05) is 76.2 Å². The molecule has 0 aromatic carbocycles. The van der Waals surface area contributed by atoms with Crippen LogP contribution in [0.25, 0.3) is 0 Å². The van der Waals surface area contributed by atoms with Crippen LogP contribution < -0.4 is 0 Å². The largest absolute Gasteiger partial charge is 0.460 e. The summed E-state index contributed by atoms with van der Waals surface area (Å²) >= 11 is 0. The molecule has 0 heterocycles. The van der Waals surface area contributed by atoms with Gasteiger partial charge in [0.05, 0.1) is 10.8 Å². The fraction of sp³-hybridized carbons (Fsp3) is 0.917. The molecule has 0 radical (unpaired) electrons. The van der Waals surface area contributed by atoms with Crippen LogP contribution in [0.4, 0.5) is 0 Å². The van der Waals surface area contributed by atoms with E-state index in [4.69, 9.17) is 9.47 Å². The molecule has 0 spiro atoms. The van der Waals surface area contributed by atoms with Crippen molar-refractivity contribution in [3.8, 4) is 0 Å². The van der Waals surface area contributed by atoms with E-state index in [2.05, 4.69) is 13.8 Å². The van der Waals surface area contributed by atoms with Gasteiger partial charge in [-0.25, -0.2) is 0 Å². The third kappa shape index (κ3) is 13.2. The van der Waals surface area contributed by atoms with Crippen molar-refractivity contribution in [2.24, 2.45) is 16.7 Å². The molecule has 4 nitrogen and oxygen atoms in total. The zero-order valence-electron chi connectivity index (χ0n) is 19.6. The molecule has 0 aliphatic rings. The highest BCUT2D eigenvalue weighted by Gasteiger charge is 2.34. The van der Waals surface area contributed by atoms with Crippen LogP contribution in [-0.2, 0) is 19.1 Å². The number of carbonyl (C=O) groups is 2. The van der Waals surface area contributed by atoms with Gasteiger partial charge in [-0.15, -0.1) is 0 Å². The lowest BCUT2D eigenvalue weighted by atomic mass is 9.89. The molecular weight excluding hydrogens is 352 g/mol. The number of hydrogen-bond acceptors (Lipinski definition) is 4. The molecule has 0 amide bonds. The van der Waals surface area contributed by atoms with E-state index in [1.165, 1.54) is 0 Å². The van der Waals surface area contributed by atoms with Crippen molar-refractivity contribution in [3.05, 3.63) is 0 Å². The third-order valence-corrected chi connectivity index (χ3v) is 5.02. The second kappa shape index (κ2) is 12.5. The summed E-state index contributed by atoms with van der Waals surface area (Å²) in [4.78, 5) is 23.3. The van der Waals surface area contributed by atoms with Crippen molar-refractivity contribution in [3.63, 3.8) is 0 Å². The molecule has 0 aliphatic carbocycles. The summed E-state index contributed by atoms with van der Waals surface area (Å²) in [6.07, 6.45) is 1.61. The summed E-state index contributed by atoms with van der Waals surface area (Å²) in [5.74, 6) is 0.121. The Bertz CT molecular complexity index is 452. The molecule has 0 fully saturated rings. The van der Waals surface area contributed by atoms with Gasteiger partial charge in [0, 0.05) is 0 Å². The molecule has 0 rings (SSSR count). The van der Waals surface area contributed by atoms with E-state index >= 15 is 0 Å². The maximum absolute atomic E-state index is 11.8. The Morgan fingerprint density at radius 1 is 0.679 bits per heavy atom. The van der Waals surface area contributed by atoms with Gasteiger partial charge in [0.25, 0.3) is 0 Å². The Morgan fingerprint density at radius 3 is 1.18 bits per heavy atom. The van der Waals surface area contributed by atoms with Crippen LogP contribution in [0.3, 0.4) is 0 Å². The average Bonchev–Trinajstić information content (AvgIpc) is 2.45. The fourth-order valence-corrected chi connectivity index (χ4v) is 1.20. The van der Waals surface area contributed by atoms with Crippen molar-refractivity contribution in [2.45, 2.75) is 129 Å². The summed E-state index contributed by atoms with van der Waals surface area (Å²) in [6.45, 7) is 25.3. The van der Waals surface area contributed by atoms with E-state index in [0.717, 1.165) is 12.8 Å². The third-order valence-electron chi connectivity index (χ3n) is 5.02. The van der Waals surface area contributed by atoms with E-state index in [1.54, 1.807) is 0 Å². The van der Waals surface area contributed by atoms with Crippen molar-refractivity contribution in [1.29, 1.82) is 0 Å². The Balaban J connectivity index is -0.000000194. The van der Waals surface area contributed by atoms with Crippen LogP contribution in [0.2, 0.25) is 0 Å². The lowest BCUT2D eigenvalue weighted by Gasteiger charge is -2.33. The molecule has 4 heteroatoms. The van der Waals surface area contributed by atoms with Gasteiger partial charge in [0.15, 0.2) is 0 Å². The molecule has 0 saturated heterocycles.